The number of hydrogen-bond acceptors (Lipinski definition) is 5. The average Bonchev–Trinajstić information content (AvgIpc) is 3.21. The smallest absolute Gasteiger partial charge is 0.225 e. The van der Waals surface area contributed by atoms with Crippen LogP contribution in [-0.4, -0.2) is 9.97 Å². The van der Waals surface area contributed by atoms with Crippen LogP contribution in [0.2, 0.25) is 0 Å². The van der Waals surface area contributed by atoms with Gasteiger partial charge in [-0.3, -0.25) is 0 Å². The van der Waals surface area contributed by atoms with E-state index in [0.29, 0.717) is 24.0 Å². The molecule has 2 heterocycles. The molecule has 27 heavy (non-hydrogen) atoms. The van der Waals surface area contributed by atoms with Gasteiger partial charge in [0, 0.05) is 17.3 Å². The molecule has 2 aromatic carbocycles. The van der Waals surface area contributed by atoms with E-state index in [1.807, 2.05) is 48.5 Å². The van der Waals surface area contributed by atoms with E-state index < -0.39 is 0 Å². The molecule has 2 aromatic heterocycles. The number of benzene rings is 2. The van der Waals surface area contributed by atoms with E-state index in [2.05, 4.69) is 20.6 Å². The second kappa shape index (κ2) is 7.70. The molecule has 134 valence electrons. The van der Waals surface area contributed by atoms with Gasteiger partial charge in [0.15, 0.2) is 0 Å². The first-order valence-corrected chi connectivity index (χ1v) is 8.50. The number of aromatic nitrogens is 2. The van der Waals surface area contributed by atoms with Gasteiger partial charge in [-0.2, -0.15) is 4.98 Å². The molecule has 4 aromatic rings. The third-order valence-corrected chi connectivity index (χ3v) is 3.89. The van der Waals surface area contributed by atoms with Crippen LogP contribution >= 0.6 is 0 Å². The molecule has 0 aliphatic rings. The Bertz CT molecular complexity index is 1020. The fraction of sp³-hybridized carbons (Fsp3) is 0.0476. The zero-order chi connectivity index (χ0) is 18.5. The van der Waals surface area contributed by atoms with Crippen LogP contribution in [0, 0.1) is 5.82 Å². The summed E-state index contributed by atoms with van der Waals surface area (Å²) < 4.78 is 18.8. The van der Waals surface area contributed by atoms with Crippen molar-refractivity contribution in [1.82, 2.24) is 9.97 Å². The van der Waals surface area contributed by atoms with Gasteiger partial charge in [-0.05, 0) is 30.3 Å². The van der Waals surface area contributed by atoms with Crippen LogP contribution in [0.15, 0.2) is 83.5 Å². The minimum atomic E-state index is -0.312. The number of halogens is 1. The summed E-state index contributed by atoms with van der Waals surface area (Å²) >= 11 is 0. The van der Waals surface area contributed by atoms with Crippen molar-refractivity contribution in [2.75, 3.05) is 10.6 Å². The molecule has 5 nitrogen and oxygen atoms in total. The van der Waals surface area contributed by atoms with Crippen molar-refractivity contribution in [2.24, 2.45) is 0 Å². The molecule has 0 amide bonds. The fourth-order valence-corrected chi connectivity index (χ4v) is 2.64. The van der Waals surface area contributed by atoms with Crippen molar-refractivity contribution in [1.29, 1.82) is 0 Å². The summed E-state index contributed by atoms with van der Waals surface area (Å²) in [5.74, 6) is 1.49. The zero-order valence-electron chi connectivity index (χ0n) is 14.4. The summed E-state index contributed by atoms with van der Waals surface area (Å²) in [5, 5.41) is 6.30. The van der Waals surface area contributed by atoms with Crippen LogP contribution in [0.4, 0.5) is 21.8 Å². The Morgan fingerprint density at radius 1 is 0.889 bits per heavy atom. The maximum atomic E-state index is 13.5. The third-order valence-electron chi connectivity index (χ3n) is 3.89. The highest BCUT2D eigenvalue weighted by Crippen LogP contribution is 2.24. The normalized spacial score (nSPS) is 10.6. The Kier molecular flexibility index (Phi) is 4.78. The Hall–Kier alpha value is -3.67. The highest BCUT2D eigenvalue weighted by Gasteiger charge is 2.08. The van der Waals surface area contributed by atoms with Gasteiger partial charge >= 0.3 is 0 Å². The number of anilines is 3. The number of nitrogens with zero attached hydrogens (tertiary/aromatic N) is 2. The van der Waals surface area contributed by atoms with Gasteiger partial charge in [-0.25, -0.2) is 9.37 Å². The summed E-state index contributed by atoms with van der Waals surface area (Å²) in [7, 11) is 0. The monoisotopic (exact) mass is 360 g/mol. The molecule has 0 radical (unpaired) electrons. The molecule has 0 atom stereocenters. The summed E-state index contributed by atoms with van der Waals surface area (Å²) in [4.78, 5) is 9.07. The van der Waals surface area contributed by atoms with Crippen molar-refractivity contribution in [3.8, 4) is 11.3 Å². The zero-order valence-corrected chi connectivity index (χ0v) is 14.4. The second-order valence-electron chi connectivity index (χ2n) is 5.90. The van der Waals surface area contributed by atoms with E-state index in [1.165, 1.54) is 12.1 Å². The third kappa shape index (κ3) is 4.30. The van der Waals surface area contributed by atoms with Crippen molar-refractivity contribution in [2.45, 2.75) is 6.54 Å². The van der Waals surface area contributed by atoms with E-state index in [1.54, 1.807) is 18.4 Å². The first-order valence-electron chi connectivity index (χ1n) is 8.50. The molecule has 0 spiro atoms. The maximum absolute atomic E-state index is 13.5. The number of rotatable bonds is 6. The predicted molar refractivity (Wildman–Crippen MR) is 103 cm³/mol. The van der Waals surface area contributed by atoms with Crippen LogP contribution in [-0.2, 0) is 6.54 Å². The van der Waals surface area contributed by atoms with Crippen LogP contribution in [0.5, 0.6) is 0 Å². The van der Waals surface area contributed by atoms with E-state index in [4.69, 9.17) is 4.42 Å². The average molecular weight is 360 g/mol. The highest BCUT2D eigenvalue weighted by atomic mass is 19.1. The Balaban J connectivity index is 1.65. The first-order chi connectivity index (χ1) is 13.3. The molecule has 0 bridgehead atoms. The molecule has 0 saturated carbocycles. The number of hydrogen-bond donors (Lipinski definition) is 2. The fourth-order valence-electron chi connectivity index (χ4n) is 2.64. The molecular formula is C21H17FN4O. The molecule has 0 aliphatic carbocycles. The summed E-state index contributed by atoms with van der Waals surface area (Å²) in [5.41, 5.74) is 2.33. The van der Waals surface area contributed by atoms with Gasteiger partial charge < -0.3 is 15.1 Å². The SMILES string of the molecule is Fc1cccc(Nc2cc(-c3ccccc3)nc(NCc3ccco3)n2)c1. The predicted octanol–water partition coefficient (Wildman–Crippen LogP) is 5.23. The maximum Gasteiger partial charge on any atom is 0.225 e. The topological polar surface area (TPSA) is 63.0 Å². The molecule has 0 fully saturated rings. The Morgan fingerprint density at radius 2 is 1.78 bits per heavy atom. The molecule has 4 rings (SSSR count). The Labute approximate surface area is 155 Å². The summed E-state index contributed by atoms with van der Waals surface area (Å²) in [6.45, 7) is 0.463. The standard InChI is InChI=1S/C21H17FN4O/c22-16-8-4-9-17(12-16)24-20-13-19(15-6-2-1-3-7-15)25-21(26-20)23-14-18-10-5-11-27-18/h1-13H,14H2,(H2,23,24,25,26). The van der Waals surface area contributed by atoms with Gasteiger partial charge in [-0.1, -0.05) is 36.4 Å². The van der Waals surface area contributed by atoms with E-state index in [0.717, 1.165) is 17.0 Å². The van der Waals surface area contributed by atoms with E-state index >= 15 is 0 Å². The van der Waals surface area contributed by atoms with Crippen LogP contribution in [0.3, 0.4) is 0 Å². The van der Waals surface area contributed by atoms with Crippen LogP contribution in [0.1, 0.15) is 5.76 Å². The largest absolute Gasteiger partial charge is 0.467 e. The van der Waals surface area contributed by atoms with Gasteiger partial charge in [0.1, 0.15) is 17.4 Å². The Morgan fingerprint density at radius 3 is 2.56 bits per heavy atom. The van der Waals surface area contributed by atoms with Crippen molar-refractivity contribution < 1.29 is 8.81 Å². The lowest BCUT2D eigenvalue weighted by Crippen LogP contribution is -2.06. The molecule has 2 N–H and O–H groups in total. The van der Waals surface area contributed by atoms with Gasteiger partial charge in [-0.15, -0.1) is 0 Å². The van der Waals surface area contributed by atoms with Gasteiger partial charge in [0.05, 0.1) is 18.5 Å². The van der Waals surface area contributed by atoms with E-state index in [9.17, 15) is 4.39 Å². The first kappa shape index (κ1) is 16.8. The minimum absolute atomic E-state index is 0.312. The molecule has 0 saturated heterocycles. The number of nitrogens with one attached hydrogen (secondary N) is 2. The van der Waals surface area contributed by atoms with E-state index in [-0.39, 0.29) is 5.82 Å². The molecule has 6 heteroatoms. The molecular weight excluding hydrogens is 343 g/mol. The van der Waals surface area contributed by atoms with Gasteiger partial charge in [0.2, 0.25) is 5.95 Å². The van der Waals surface area contributed by atoms with Crippen molar-refractivity contribution in [3.05, 3.63) is 90.6 Å². The highest BCUT2D eigenvalue weighted by molar-refractivity contribution is 5.67. The quantitative estimate of drug-likeness (QED) is 0.493. The molecule has 0 unspecified atom stereocenters. The lowest BCUT2D eigenvalue weighted by atomic mass is 10.1. The summed E-state index contributed by atoms with van der Waals surface area (Å²) in [6.07, 6.45) is 1.62. The lowest BCUT2D eigenvalue weighted by Gasteiger charge is -2.11. The minimum Gasteiger partial charge on any atom is -0.467 e. The van der Waals surface area contributed by atoms with Crippen molar-refractivity contribution >= 4 is 17.5 Å². The number of furan rings is 1. The van der Waals surface area contributed by atoms with Crippen molar-refractivity contribution in [3.63, 3.8) is 0 Å². The summed E-state index contributed by atoms with van der Waals surface area (Å²) in [6, 6.07) is 21.6. The molecule has 0 aliphatic heterocycles. The van der Waals surface area contributed by atoms with Crippen LogP contribution in [0.25, 0.3) is 11.3 Å². The second-order valence-corrected chi connectivity index (χ2v) is 5.90. The van der Waals surface area contributed by atoms with Crippen LogP contribution < -0.4 is 10.6 Å². The van der Waals surface area contributed by atoms with Gasteiger partial charge in [0.25, 0.3) is 0 Å². The lowest BCUT2D eigenvalue weighted by molar-refractivity contribution is 0.517.